The molecule has 0 saturated carbocycles. The van der Waals surface area contributed by atoms with Gasteiger partial charge in [-0.15, -0.1) is 0 Å². The van der Waals surface area contributed by atoms with Gasteiger partial charge >= 0.3 is 0 Å². The third kappa shape index (κ3) is 3.46. The first-order chi connectivity index (χ1) is 8.25. The minimum atomic E-state index is 0.00209. The summed E-state index contributed by atoms with van der Waals surface area (Å²) in [5, 5.41) is 2.79. The first kappa shape index (κ1) is 11.9. The van der Waals surface area contributed by atoms with Gasteiger partial charge in [-0.1, -0.05) is 12.1 Å². The third-order valence-corrected chi connectivity index (χ3v) is 2.85. The lowest BCUT2D eigenvalue weighted by Crippen LogP contribution is -2.36. The number of rotatable bonds is 3. The molecular formula is C13H18N2O2. The molecule has 0 aliphatic carbocycles. The van der Waals surface area contributed by atoms with Gasteiger partial charge in [0, 0.05) is 32.2 Å². The molecule has 4 heteroatoms. The third-order valence-electron chi connectivity index (χ3n) is 2.85. The fourth-order valence-electron chi connectivity index (χ4n) is 1.87. The van der Waals surface area contributed by atoms with Gasteiger partial charge in [0.05, 0.1) is 13.2 Å². The quantitative estimate of drug-likeness (QED) is 0.853. The van der Waals surface area contributed by atoms with Gasteiger partial charge in [0.15, 0.2) is 0 Å². The number of hydrogen-bond acceptors (Lipinski definition) is 3. The van der Waals surface area contributed by atoms with E-state index in [0.717, 1.165) is 31.9 Å². The van der Waals surface area contributed by atoms with Crippen molar-refractivity contribution < 1.29 is 9.53 Å². The summed E-state index contributed by atoms with van der Waals surface area (Å²) in [6, 6.07) is 8.31. The number of nitrogens with one attached hydrogen (secondary N) is 1. The van der Waals surface area contributed by atoms with Crippen LogP contribution in [-0.4, -0.2) is 32.2 Å². The topological polar surface area (TPSA) is 41.6 Å². The number of carbonyl (C=O) groups excluding carboxylic acids is 1. The molecule has 0 spiro atoms. The lowest BCUT2D eigenvalue weighted by atomic mass is 10.2. The standard InChI is InChI=1S/C13H18N2O2/c1-11(16)14-10-12-2-4-13(5-3-12)15-6-8-17-9-7-15/h2-5H,6-10H2,1H3,(H,14,16). The van der Waals surface area contributed by atoms with E-state index in [9.17, 15) is 4.79 Å². The van der Waals surface area contributed by atoms with Crippen molar-refractivity contribution in [3.63, 3.8) is 0 Å². The summed E-state index contributed by atoms with van der Waals surface area (Å²) >= 11 is 0. The molecule has 2 rings (SSSR count). The lowest BCUT2D eigenvalue weighted by molar-refractivity contribution is -0.119. The molecule has 1 amide bonds. The Bertz CT molecular complexity index is 370. The largest absolute Gasteiger partial charge is 0.378 e. The molecule has 1 fully saturated rings. The van der Waals surface area contributed by atoms with Gasteiger partial charge in [-0.25, -0.2) is 0 Å². The molecule has 1 aliphatic heterocycles. The normalized spacial score (nSPS) is 15.7. The Labute approximate surface area is 102 Å². The van der Waals surface area contributed by atoms with Crippen molar-refractivity contribution in [2.75, 3.05) is 31.2 Å². The average Bonchev–Trinajstić information content (AvgIpc) is 2.38. The molecule has 0 unspecified atom stereocenters. The number of hydrogen-bond donors (Lipinski definition) is 1. The van der Waals surface area contributed by atoms with Crippen LogP contribution in [-0.2, 0) is 16.1 Å². The SMILES string of the molecule is CC(=O)NCc1ccc(N2CCOCC2)cc1. The van der Waals surface area contributed by atoms with Crippen molar-refractivity contribution in [3.8, 4) is 0 Å². The number of amides is 1. The van der Waals surface area contributed by atoms with Crippen LogP contribution >= 0.6 is 0 Å². The molecule has 0 bridgehead atoms. The second kappa shape index (κ2) is 5.68. The van der Waals surface area contributed by atoms with Crippen LogP contribution in [0.25, 0.3) is 0 Å². The summed E-state index contributed by atoms with van der Waals surface area (Å²) in [5.41, 5.74) is 2.34. The number of morpholine rings is 1. The first-order valence-electron chi connectivity index (χ1n) is 5.92. The van der Waals surface area contributed by atoms with Gasteiger partial charge in [0.25, 0.3) is 0 Å². The van der Waals surface area contributed by atoms with Gasteiger partial charge in [-0.2, -0.15) is 0 Å². The zero-order valence-corrected chi connectivity index (χ0v) is 10.1. The number of benzene rings is 1. The van der Waals surface area contributed by atoms with Crippen molar-refractivity contribution in [1.82, 2.24) is 5.32 Å². The van der Waals surface area contributed by atoms with E-state index in [1.54, 1.807) is 0 Å². The summed E-state index contributed by atoms with van der Waals surface area (Å²) in [5.74, 6) is 0.00209. The van der Waals surface area contributed by atoms with E-state index >= 15 is 0 Å². The Morgan fingerprint density at radius 3 is 2.53 bits per heavy atom. The van der Waals surface area contributed by atoms with E-state index in [2.05, 4.69) is 34.5 Å². The zero-order chi connectivity index (χ0) is 12.1. The monoisotopic (exact) mass is 234 g/mol. The smallest absolute Gasteiger partial charge is 0.217 e. The van der Waals surface area contributed by atoms with E-state index in [-0.39, 0.29) is 5.91 Å². The minimum Gasteiger partial charge on any atom is -0.378 e. The van der Waals surface area contributed by atoms with E-state index in [1.807, 2.05) is 0 Å². The van der Waals surface area contributed by atoms with Crippen molar-refractivity contribution in [2.45, 2.75) is 13.5 Å². The van der Waals surface area contributed by atoms with Crippen LogP contribution in [0, 0.1) is 0 Å². The van der Waals surface area contributed by atoms with Crippen LogP contribution in [0.3, 0.4) is 0 Å². The van der Waals surface area contributed by atoms with Crippen LogP contribution in [0.1, 0.15) is 12.5 Å². The Morgan fingerprint density at radius 2 is 1.94 bits per heavy atom. The number of ether oxygens (including phenoxy) is 1. The van der Waals surface area contributed by atoms with Gasteiger partial charge in [-0.05, 0) is 17.7 Å². The molecular weight excluding hydrogens is 216 g/mol. The summed E-state index contributed by atoms with van der Waals surface area (Å²) in [4.78, 5) is 13.1. The van der Waals surface area contributed by atoms with Crippen molar-refractivity contribution in [1.29, 1.82) is 0 Å². The Morgan fingerprint density at radius 1 is 1.29 bits per heavy atom. The molecule has 92 valence electrons. The van der Waals surface area contributed by atoms with E-state index in [1.165, 1.54) is 12.6 Å². The van der Waals surface area contributed by atoms with Crippen molar-refractivity contribution in [3.05, 3.63) is 29.8 Å². The highest BCUT2D eigenvalue weighted by Crippen LogP contribution is 2.16. The molecule has 1 N–H and O–H groups in total. The van der Waals surface area contributed by atoms with E-state index in [4.69, 9.17) is 4.74 Å². The highest BCUT2D eigenvalue weighted by atomic mass is 16.5. The number of carbonyl (C=O) groups is 1. The molecule has 4 nitrogen and oxygen atoms in total. The summed E-state index contributed by atoms with van der Waals surface area (Å²) < 4.78 is 5.32. The van der Waals surface area contributed by atoms with Crippen molar-refractivity contribution in [2.24, 2.45) is 0 Å². The van der Waals surface area contributed by atoms with Gasteiger partial charge < -0.3 is 15.0 Å². The average molecular weight is 234 g/mol. The minimum absolute atomic E-state index is 0.00209. The van der Waals surface area contributed by atoms with E-state index < -0.39 is 0 Å². The highest BCUT2D eigenvalue weighted by Gasteiger charge is 2.10. The Hall–Kier alpha value is -1.55. The summed E-state index contributed by atoms with van der Waals surface area (Å²) in [6.07, 6.45) is 0. The first-order valence-corrected chi connectivity index (χ1v) is 5.92. The molecule has 17 heavy (non-hydrogen) atoms. The fourth-order valence-corrected chi connectivity index (χ4v) is 1.87. The second-order valence-corrected chi connectivity index (χ2v) is 4.18. The molecule has 0 atom stereocenters. The summed E-state index contributed by atoms with van der Waals surface area (Å²) in [7, 11) is 0. The summed E-state index contributed by atoms with van der Waals surface area (Å²) in [6.45, 7) is 5.62. The fraction of sp³-hybridized carbons (Fsp3) is 0.462. The zero-order valence-electron chi connectivity index (χ0n) is 10.1. The second-order valence-electron chi connectivity index (χ2n) is 4.18. The predicted molar refractivity (Wildman–Crippen MR) is 67.0 cm³/mol. The van der Waals surface area contributed by atoms with Crippen LogP contribution in [0.15, 0.2) is 24.3 Å². The van der Waals surface area contributed by atoms with Gasteiger partial charge in [-0.3, -0.25) is 4.79 Å². The molecule has 0 aromatic heterocycles. The molecule has 0 radical (unpaired) electrons. The maximum absolute atomic E-state index is 10.8. The number of anilines is 1. The van der Waals surface area contributed by atoms with Crippen molar-refractivity contribution >= 4 is 11.6 Å². The van der Waals surface area contributed by atoms with Crippen LogP contribution in [0.4, 0.5) is 5.69 Å². The van der Waals surface area contributed by atoms with Crippen LogP contribution < -0.4 is 10.2 Å². The maximum atomic E-state index is 10.8. The Kier molecular flexibility index (Phi) is 3.98. The highest BCUT2D eigenvalue weighted by molar-refractivity contribution is 5.72. The molecule has 1 aliphatic rings. The maximum Gasteiger partial charge on any atom is 0.217 e. The van der Waals surface area contributed by atoms with E-state index in [0.29, 0.717) is 6.54 Å². The Balaban J connectivity index is 1.94. The van der Waals surface area contributed by atoms with Crippen LogP contribution in [0.5, 0.6) is 0 Å². The molecule has 1 heterocycles. The lowest BCUT2D eigenvalue weighted by Gasteiger charge is -2.28. The number of nitrogens with zero attached hydrogens (tertiary/aromatic N) is 1. The predicted octanol–water partition coefficient (Wildman–Crippen LogP) is 1.16. The van der Waals surface area contributed by atoms with Gasteiger partial charge in [0.2, 0.25) is 5.91 Å². The molecule has 1 saturated heterocycles. The molecule has 1 aromatic rings. The van der Waals surface area contributed by atoms with Gasteiger partial charge in [0.1, 0.15) is 0 Å². The molecule has 1 aromatic carbocycles. The van der Waals surface area contributed by atoms with Crippen LogP contribution in [0.2, 0.25) is 0 Å².